The molecule has 82 valence electrons. The second-order valence-corrected chi connectivity index (χ2v) is 4.58. The highest BCUT2D eigenvalue weighted by atomic mass is 79.9. The Morgan fingerprint density at radius 2 is 2.00 bits per heavy atom. The molecule has 0 aliphatic heterocycles. The van der Waals surface area contributed by atoms with Gasteiger partial charge in [-0.1, -0.05) is 53.5 Å². The number of ketones is 1. The number of aliphatic hydroxyl groups is 1. The zero-order valence-electron chi connectivity index (χ0n) is 8.74. The van der Waals surface area contributed by atoms with Gasteiger partial charge in [0.1, 0.15) is 0 Å². The van der Waals surface area contributed by atoms with Crippen LogP contribution in [-0.4, -0.2) is 15.7 Å². The number of hydrogen-bond donors (Lipinski definition) is 1. The van der Waals surface area contributed by atoms with Crippen LogP contribution >= 0.6 is 15.9 Å². The molecule has 1 aromatic carbocycles. The summed E-state index contributed by atoms with van der Waals surface area (Å²) in [5.41, 5.74) is 1.52. The van der Waals surface area contributed by atoms with Crippen molar-refractivity contribution in [2.75, 3.05) is 0 Å². The summed E-state index contributed by atoms with van der Waals surface area (Å²) in [6.45, 7) is 2.07. The molecule has 1 rings (SSSR count). The average Bonchev–Trinajstić information content (AvgIpc) is 2.28. The fraction of sp³-hybridized carbons (Fsp3) is 0.417. The highest BCUT2D eigenvalue weighted by molar-refractivity contribution is 9.10. The van der Waals surface area contributed by atoms with Gasteiger partial charge in [-0.3, -0.25) is 4.79 Å². The number of benzene rings is 1. The molecule has 3 heteroatoms. The molecule has 0 saturated carbocycles. The molecule has 1 atom stereocenters. The second kappa shape index (κ2) is 6.03. The molecule has 0 bridgehead atoms. The maximum atomic E-state index is 11.8. The first kappa shape index (κ1) is 12.4. The lowest BCUT2D eigenvalue weighted by Gasteiger charge is -2.07. The Bertz CT molecular complexity index is 319. The third-order valence-corrected chi connectivity index (χ3v) is 3.12. The summed E-state index contributed by atoms with van der Waals surface area (Å²) < 4.78 is 0. The van der Waals surface area contributed by atoms with E-state index in [0.29, 0.717) is 5.56 Å². The van der Waals surface area contributed by atoms with Gasteiger partial charge < -0.3 is 5.11 Å². The van der Waals surface area contributed by atoms with E-state index < -0.39 is 0 Å². The molecular formula is C12H15BrO2. The number of alkyl halides is 1. The van der Waals surface area contributed by atoms with Crippen LogP contribution in [0.1, 0.15) is 35.7 Å². The minimum Gasteiger partial charge on any atom is -0.392 e. The highest BCUT2D eigenvalue weighted by Gasteiger charge is 2.15. The van der Waals surface area contributed by atoms with Gasteiger partial charge in [-0.2, -0.15) is 0 Å². The fourth-order valence-electron chi connectivity index (χ4n) is 1.34. The van der Waals surface area contributed by atoms with Crippen molar-refractivity contribution >= 4 is 21.7 Å². The summed E-state index contributed by atoms with van der Waals surface area (Å²) in [6, 6.07) is 7.08. The molecule has 0 aliphatic rings. The van der Waals surface area contributed by atoms with Gasteiger partial charge >= 0.3 is 0 Å². The van der Waals surface area contributed by atoms with E-state index in [4.69, 9.17) is 5.11 Å². The Balaban J connectivity index is 2.73. The minimum absolute atomic E-state index is 0.0151. The van der Waals surface area contributed by atoms with Gasteiger partial charge in [0.25, 0.3) is 0 Å². The number of hydrogen-bond acceptors (Lipinski definition) is 2. The van der Waals surface area contributed by atoms with E-state index in [0.717, 1.165) is 18.4 Å². The molecule has 0 radical (unpaired) electrons. The molecular weight excluding hydrogens is 256 g/mol. The van der Waals surface area contributed by atoms with Crippen LogP contribution in [0, 0.1) is 0 Å². The van der Waals surface area contributed by atoms with Crippen molar-refractivity contribution < 1.29 is 9.90 Å². The Labute approximate surface area is 98.4 Å². The Morgan fingerprint density at radius 1 is 1.40 bits per heavy atom. The van der Waals surface area contributed by atoms with Crippen LogP contribution in [0.4, 0.5) is 0 Å². The smallest absolute Gasteiger partial charge is 0.176 e. The number of Topliss-reactive ketones (excluding diaryl/α,β-unsaturated/α-hetero) is 1. The van der Waals surface area contributed by atoms with Crippen molar-refractivity contribution in [3.63, 3.8) is 0 Å². The first-order valence-corrected chi connectivity index (χ1v) is 5.98. The average molecular weight is 271 g/mol. The van der Waals surface area contributed by atoms with Gasteiger partial charge in [0.05, 0.1) is 11.4 Å². The van der Waals surface area contributed by atoms with E-state index in [1.807, 2.05) is 0 Å². The number of aliphatic hydroxyl groups excluding tert-OH is 1. The lowest BCUT2D eigenvalue weighted by atomic mass is 10.0. The first-order valence-electron chi connectivity index (χ1n) is 5.07. The Kier molecular flexibility index (Phi) is 4.99. The van der Waals surface area contributed by atoms with Gasteiger partial charge in [-0.25, -0.2) is 0 Å². The van der Waals surface area contributed by atoms with Crippen molar-refractivity contribution in [1.82, 2.24) is 0 Å². The molecule has 1 unspecified atom stereocenters. The number of carbonyl (C=O) groups excluding carboxylic acids is 1. The van der Waals surface area contributed by atoms with Crippen LogP contribution in [0.25, 0.3) is 0 Å². The first-order chi connectivity index (χ1) is 7.19. The molecule has 0 aromatic heterocycles. The third kappa shape index (κ3) is 3.43. The van der Waals surface area contributed by atoms with Crippen molar-refractivity contribution in [3.05, 3.63) is 35.4 Å². The van der Waals surface area contributed by atoms with E-state index in [9.17, 15) is 4.79 Å². The third-order valence-electron chi connectivity index (χ3n) is 2.25. The van der Waals surface area contributed by atoms with Crippen LogP contribution in [0.15, 0.2) is 24.3 Å². The van der Waals surface area contributed by atoms with E-state index in [1.54, 1.807) is 24.3 Å². The molecule has 0 fully saturated rings. The molecule has 0 amide bonds. The molecule has 0 heterocycles. The van der Waals surface area contributed by atoms with E-state index in [2.05, 4.69) is 22.9 Å². The van der Waals surface area contributed by atoms with Gasteiger partial charge in [-0.15, -0.1) is 0 Å². The molecule has 2 nitrogen and oxygen atoms in total. The summed E-state index contributed by atoms with van der Waals surface area (Å²) in [5, 5.41) is 8.87. The normalized spacial score (nSPS) is 12.5. The standard InChI is InChI=1S/C12H15BrO2/c1-2-3-11(13)12(15)10-6-4-9(8-14)5-7-10/h4-7,11,14H,2-3,8H2,1H3. The van der Waals surface area contributed by atoms with Gasteiger partial charge in [-0.05, 0) is 12.0 Å². The van der Waals surface area contributed by atoms with Crippen molar-refractivity contribution in [2.24, 2.45) is 0 Å². The maximum absolute atomic E-state index is 11.8. The number of rotatable bonds is 5. The molecule has 15 heavy (non-hydrogen) atoms. The largest absolute Gasteiger partial charge is 0.392 e. The van der Waals surface area contributed by atoms with Crippen LogP contribution < -0.4 is 0 Å². The van der Waals surface area contributed by atoms with Crippen molar-refractivity contribution in [2.45, 2.75) is 31.2 Å². The summed E-state index contributed by atoms with van der Waals surface area (Å²) in [4.78, 5) is 11.7. The predicted molar refractivity (Wildman–Crippen MR) is 64.3 cm³/mol. The SMILES string of the molecule is CCCC(Br)C(=O)c1ccc(CO)cc1. The van der Waals surface area contributed by atoms with Gasteiger partial charge in [0.15, 0.2) is 5.78 Å². The zero-order chi connectivity index (χ0) is 11.3. The van der Waals surface area contributed by atoms with Crippen LogP contribution in [0.2, 0.25) is 0 Å². The summed E-state index contributed by atoms with van der Waals surface area (Å²) in [6.07, 6.45) is 1.83. The molecule has 1 aromatic rings. The molecule has 0 aliphatic carbocycles. The van der Waals surface area contributed by atoms with Gasteiger partial charge in [0, 0.05) is 5.56 Å². The maximum Gasteiger partial charge on any atom is 0.176 e. The minimum atomic E-state index is -0.0949. The summed E-state index contributed by atoms with van der Waals surface area (Å²) in [7, 11) is 0. The van der Waals surface area contributed by atoms with Gasteiger partial charge in [0.2, 0.25) is 0 Å². The van der Waals surface area contributed by atoms with Crippen LogP contribution in [0.5, 0.6) is 0 Å². The van der Waals surface area contributed by atoms with E-state index in [-0.39, 0.29) is 17.2 Å². The quantitative estimate of drug-likeness (QED) is 0.660. The number of halogens is 1. The predicted octanol–water partition coefficient (Wildman–Crippen LogP) is 2.93. The van der Waals surface area contributed by atoms with Crippen molar-refractivity contribution in [3.8, 4) is 0 Å². The highest BCUT2D eigenvalue weighted by Crippen LogP contribution is 2.15. The lowest BCUT2D eigenvalue weighted by Crippen LogP contribution is -2.13. The second-order valence-electron chi connectivity index (χ2n) is 3.48. The lowest BCUT2D eigenvalue weighted by molar-refractivity contribution is 0.0988. The Hall–Kier alpha value is -0.670. The molecule has 0 spiro atoms. The van der Waals surface area contributed by atoms with E-state index in [1.165, 1.54) is 0 Å². The molecule has 1 N–H and O–H groups in total. The monoisotopic (exact) mass is 270 g/mol. The summed E-state index contributed by atoms with van der Waals surface area (Å²) in [5.74, 6) is 0.112. The Morgan fingerprint density at radius 3 is 2.47 bits per heavy atom. The topological polar surface area (TPSA) is 37.3 Å². The fourth-order valence-corrected chi connectivity index (χ4v) is 2.06. The molecule has 0 saturated heterocycles. The van der Waals surface area contributed by atoms with E-state index >= 15 is 0 Å². The number of carbonyl (C=O) groups is 1. The van der Waals surface area contributed by atoms with Crippen molar-refractivity contribution in [1.29, 1.82) is 0 Å². The van der Waals surface area contributed by atoms with Crippen LogP contribution in [0.3, 0.4) is 0 Å². The summed E-state index contributed by atoms with van der Waals surface area (Å²) >= 11 is 3.38. The van der Waals surface area contributed by atoms with Crippen LogP contribution in [-0.2, 0) is 6.61 Å². The zero-order valence-corrected chi connectivity index (χ0v) is 10.3.